The number of amidine groups is 1. The van der Waals surface area contributed by atoms with Gasteiger partial charge in [-0.15, -0.1) is 11.8 Å². The van der Waals surface area contributed by atoms with Gasteiger partial charge in [0.05, 0.1) is 17.5 Å². The fourth-order valence-corrected chi connectivity index (χ4v) is 5.35. The normalized spacial score (nSPS) is 22.5. The van der Waals surface area contributed by atoms with Crippen LogP contribution in [0.2, 0.25) is 10.0 Å². The van der Waals surface area contributed by atoms with Gasteiger partial charge in [0.15, 0.2) is 0 Å². The molecule has 2 aliphatic heterocycles. The number of para-hydroxylation sites is 1. The topological polar surface area (TPSA) is 35.9 Å². The first-order valence-corrected chi connectivity index (χ1v) is 10.0. The van der Waals surface area contributed by atoms with Crippen LogP contribution in [-0.4, -0.2) is 27.0 Å². The van der Waals surface area contributed by atoms with E-state index in [-0.39, 0.29) is 16.5 Å². The van der Waals surface area contributed by atoms with E-state index in [9.17, 15) is 4.79 Å². The van der Waals surface area contributed by atoms with Crippen molar-refractivity contribution in [1.29, 1.82) is 0 Å². The van der Waals surface area contributed by atoms with Gasteiger partial charge in [0.2, 0.25) is 0 Å². The molecule has 4 rings (SSSR count). The first-order valence-electron chi connectivity index (χ1n) is 8.30. The van der Waals surface area contributed by atoms with E-state index in [1.165, 1.54) is 0 Å². The van der Waals surface area contributed by atoms with Crippen LogP contribution in [-0.2, 0) is 11.3 Å². The number of hydrogen-bond acceptors (Lipinski definition) is 4. The number of fused-ring (bicyclic) bond motifs is 1. The molecule has 2 aromatic rings. The number of hydrogen-bond donors (Lipinski definition) is 0. The van der Waals surface area contributed by atoms with Crippen molar-refractivity contribution in [2.45, 2.75) is 31.0 Å². The van der Waals surface area contributed by atoms with Crippen molar-refractivity contribution in [1.82, 2.24) is 10.0 Å². The van der Waals surface area contributed by atoms with Gasteiger partial charge in [0.25, 0.3) is 5.91 Å². The van der Waals surface area contributed by atoms with E-state index < -0.39 is 0 Å². The molecule has 2 atom stereocenters. The van der Waals surface area contributed by atoms with E-state index in [1.54, 1.807) is 28.9 Å². The van der Waals surface area contributed by atoms with Gasteiger partial charge in [-0.25, -0.2) is 10.0 Å². The number of thioether (sulfide) groups is 1. The lowest BCUT2D eigenvalue weighted by Crippen LogP contribution is -2.48. The van der Waals surface area contributed by atoms with E-state index >= 15 is 0 Å². The molecule has 2 heterocycles. The molecule has 2 aliphatic rings. The van der Waals surface area contributed by atoms with E-state index in [4.69, 9.17) is 23.2 Å². The summed E-state index contributed by atoms with van der Waals surface area (Å²) in [7, 11) is 0. The minimum Gasteiger partial charge on any atom is -0.272 e. The average molecular weight is 406 g/mol. The summed E-state index contributed by atoms with van der Waals surface area (Å²) in [4.78, 5) is 17.7. The van der Waals surface area contributed by atoms with Crippen LogP contribution >= 0.6 is 35.0 Å². The molecule has 4 nitrogen and oxygen atoms in total. The molecule has 0 radical (unpaired) electrons. The molecule has 0 bridgehead atoms. The lowest BCUT2D eigenvalue weighted by molar-refractivity contribution is -0.142. The van der Waals surface area contributed by atoms with Gasteiger partial charge in [0, 0.05) is 15.6 Å². The van der Waals surface area contributed by atoms with Gasteiger partial charge in [-0.05, 0) is 37.6 Å². The van der Waals surface area contributed by atoms with Crippen molar-refractivity contribution >= 4 is 52.4 Å². The van der Waals surface area contributed by atoms with E-state index in [0.717, 1.165) is 22.6 Å². The second-order valence-corrected chi connectivity index (χ2v) is 8.53. The van der Waals surface area contributed by atoms with Crippen molar-refractivity contribution in [2.24, 2.45) is 4.99 Å². The summed E-state index contributed by atoms with van der Waals surface area (Å²) in [6.07, 6.45) is 0. The Balaban J connectivity index is 1.78. The smallest absolute Gasteiger partial charge is 0.255 e. The van der Waals surface area contributed by atoms with Crippen LogP contribution in [0.15, 0.2) is 47.5 Å². The highest BCUT2D eigenvalue weighted by atomic mass is 35.5. The number of rotatable bonds is 2. The summed E-state index contributed by atoms with van der Waals surface area (Å²) >= 11 is 14.4. The van der Waals surface area contributed by atoms with Crippen molar-refractivity contribution in [3.8, 4) is 0 Å². The standard InChI is InChI=1S/C19H17Cl2N3OS/c1-11-18(25)24(19(26-11)17-14(20)7-5-8-15(17)21)23-10-13-6-3-4-9-16(13)22-12(23)2/h3-9,11,19H,10H2,1-2H3. The molecule has 1 saturated heterocycles. The highest BCUT2D eigenvalue weighted by Crippen LogP contribution is 2.49. The summed E-state index contributed by atoms with van der Waals surface area (Å²) in [6, 6.07) is 13.4. The Morgan fingerprint density at radius 2 is 1.81 bits per heavy atom. The van der Waals surface area contributed by atoms with Crippen LogP contribution in [0.25, 0.3) is 0 Å². The quantitative estimate of drug-likeness (QED) is 0.667. The second kappa shape index (κ2) is 6.80. The highest BCUT2D eigenvalue weighted by Gasteiger charge is 2.44. The molecule has 0 saturated carbocycles. The molecular formula is C19H17Cl2N3OS. The number of nitrogens with zero attached hydrogens (tertiary/aromatic N) is 3. The van der Waals surface area contributed by atoms with Crippen molar-refractivity contribution < 1.29 is 4.79 Å². The van der Waals surface area contributed by atoms with Gasteiger partial charge in [0.1, 0.15) is 11.2 Å². The molecule has 0 aliphatic carbocycles. The van der Waals surface area contributed by atoms with Gasteiger partial charge >= 0.3 is 0 Å². The average Bonchev–Trinajstić information content (AvgIpc) is 2.89. The Hall–Kier alpha value is -1.69. The molecule has 0 N–H and O–H groups in total. The maximum absolute atomic E-state index is 13.0. The Morgan fingerprint density at radius 1 is 1.12 bits per heavy atom. The third kappa shape index (κ3) is 2.88. The van der Waals surface area contributed by atoms with Crippen molar-refractivity contribution in [3.05, 3.63) is 63.6 Å². The van der Waals surface area contributed by atoms with E-state index in [2.05, 4.69) is 4.99 Å². The zero-order valence-electron chi connectivity index (χ0n) is 14.3. The predicted molar refractivity (Wildman–Crippen MR) is 108 cm³/mol. The van der Waals surface area contributed by atoms with Gasteiger partial charge in [-0.2, -0.15) is 0 Å². The lowest BCUT2D eigenvalue weighted by Gasteiger charge is -2.39. The maximum Gasteiger partial charge on any atom is 0.255 e. The lowest BCUT2D eigenvalue weighted by atomic mass is 10.1. The number of halogens is 2. The van der Waals surface area contributed by atoms with Crippen LogP contribution in [0.4, 0.5) is 5.69 Å². The molecule has 26 heavy (non-hydrogen) atoms. The fraction of sp³-hybridized carbons (Fsp3) is 0.263. The third-order valence-electron chi connectivity index (χ3n) is 4.60. The number of hydrazine groups is 1. The molecule has 2 aromatic carbocycles. The monoisotopic (exact) mass is 405 g/mol. The van der Waals surface area contributed by atoms with Crippen LogP contribution in [0, 0.1) is 0 Å². The van der Waals surface area contributed by atoms with Crippen LogP contribution in [0.1, 0.15) is 30.3 Å². The summed E-state index contributed by atoms with van der Waals surface area (Å²) in [5.74, 6) is 0.810. The van der Waals surface area contributed by atoms with Gasteiger partial charge in [-0.3, -0.25) is 9.80 Å². The maximum atomic E-state index is 13.0. The minimum absolute atomic E-state index is 0.0323. The Morgan fingerprint density at radius 3 is 2.54 bits per heavy atom. The largest absolute Gasteiger partial charge is 0.272 e. The zero-order chi connectivity index (χ0) is 18.4. The molecule has 7 heteroatoms. The summed E-state index contributed by atoms with van der Waals surface area (Å²) in [5, 5.41) is 4.36. The molecular weight excluding hydrogens is 389 g/mol. The molecule has 0 aromatic heterocycles. The minimum atomic E-state index is -0.283. The first kappa shape index (κ1) is 17.7. The number of aliphatic imine (C=N–C) groups is 1. The Bertz CT molecular complexity index is 897. The number of benzene rings is 2. The summed E-state index contributed by atoms with van der Waals surface area (Å²) in [5.41, 5.74) is 2.80. The van der Waals surface area contributed by atoms with E-state index in [1.807, 2.05) is 49.2 Å². The molecule has 0 spiro atoms. The summed E-state index contributed by atoms with van der Waals surface area (Å²) < 4.78 is 0. The van der Waals surface area contributed by atoms with Crippen molar-refractivity contribution in [2.75, 3.05) is 0 Å². The fourth-order valence-electron chi connectivity index (χ4n) is 3.29. The third-order valence-corrected chi connectivity index (χ3v) is 6.57. The molecule has 1 fully saturated rings. The van der Waals surface area contributed by atoms with E-state index in [0.29, 0.717) is 16.6 Å². The number of carbonyl (C=O) groups excluding carboxylic acids is 1. The van der Waals surface area contributed by atoms with Crippen LogP contribution < -0.4 is 0 Å². The number of amides is 1. The number of carbonyl (C=O) groups is 1. The van der Waals surface area contributed by atoms with Crippen molar-refractivity contribution in [3.63, 3.8) is 0 Å². The first-order chi connectivity index (χ1) is 12.5. The highest BCUT2D eigenvalue weighted by molar-refractivity contribution is 8.01. The zero-order valence-corrected chi connectivity index (χ0v) is 16.6. The van der Waals surface area contributed by atoms with Crippen LogP contribution in [0.5, 0.6) is 0 Å². The Labute approximate surface area is 166 Å². The SMILES string of the molecule is CC1=Nc2ccccc2CN1N1C(=O)C(C)SC1c1c(Cl)cccc1Cl. The molecule has 1 amide bonds. The second-order valence-electron chi connectivity index (χ2n) is 6.29. The molecule has 2 unspecified atom stereocenters. The van der Waals surface area contributed by atoms with Gasteiger partial charge < -0.3 is 0 Å². The van der Waals surface area contributed by atoms with Crippen LogP contribution in [0.3, 0.4) is 0 Å². The molecule has 134 valence electrons. The Kier molecular flexibility index (Phi) is 4.63. The summed E-state index contributed by atoms with van der Waals surface area (Å²) in [6.45, 7) is 4.42. The predicted octanol–water partition coefficient (Wildman–Crippen LogP) is 5.44. The van der Waals surface area contributed by atoms with Gasteiger partial charge in [-0.1, -0.05) is 47.5 Å².